The number of halogens is 2. The van der Waals surface area contributed by atoms with Crippen LogP contribution in [0, 0.1) is 23.7 Å². The molecule has 4 aromatic rings. The molecule has 76 heavy (non-hydrogen) atoms. The van der Waals surface area contributed by atoms with E-state index >= 15 is 0 Å². The summed E-state index contributed by atoms with van der Waals surface area (Å²) in [6.45, 7) is 3.86. The molecule has 4 aliphatic heterocycles. The number of sulfonamides is 2. The maximum Gasteiger partial charge on any atom is 0.264 e. The number of carbonyl (C=O) groups is 2. The summed E-state index contributed by atoms with van der Waals surface area (Å²) >= 11 is 12.7. The molecule has 0 aromatic heterocycles. The number of rotatable bonds is 0. The van der Waals surface area contributed by atoms with Gasteiger partial charge in [0, 0.05) is 58.2 Å². The van der Waals surface area contributed by atoms with Crippen molar-refractivity contribution in [3.05, 3.63) is 141 Å². The number of benzene rings is 4. The number of nitrogens with zero attached hydrogens (tertiary/aromatic N) is 2. The van der Waals surface area contributed by atoms with Crippen molar-refractivity contribution < 1.29 is 46.1 Å². The SMILES string of the molecule is O=C1NS(=O)(=O)CC/C=C/[C@H](O)[C@@H]2CC[C@H]2CN2C[C@@]3(CCCc4cc(Cl)ccc43)COc3ccc1cc32.O=C1NS(=O)(=O)CC/C=C\[C@H](O)[C@@H]2CC[C@H]2CN2C[C@@]3(CCCc4cc(Cl)ccc43)COc3ccc1cc32. The largest absolute Gasteiger partial charge is 0.490 e. The van der Waals surface area contributed by atoms with Gasteiger partial charge in [-0.05, 0) is 184 Å². The Morgan fingerprint density at radius 1 is 0.579 bits per heavy atom. The smallest absolute Gasteiger partial charge is 0.264 e. The fourth-order valence-electron chi connectivity index (χ4n) is 13.3. The maximum atomic E-state index is 13.0. The molecule has 4 aromatic carbocycles. The molecule has 4 heterocycles. The van der Waals surface area contributed by atoms with Crippen LogP contribution in [0.3, 0.4) is 0 Å². The van der Waals surface area contributed by atoms with Gasteiger partial charge in [0.25, 0.3) is 11.8 Å². The first-order valence-corrected chi connectivity index (χ1v) is 30.9. The van der Waals surface area contributed by atoms with Gasteiger partial charge in [-0.2, -0.15) is 0 Å². The van der Waals surface area contributed by atoms with Crippen molar-refractivity contribution in [2.75, 3.05) is 60.7 Å². The number of fused-ring (bicyclic) bond motifs is 8. The first-order chi connectivity index (χ1) is 36.5. The van der Waals surface area contributed by atoms with Crippen LogP contribution in [0.25, 0.3) is 0 Å². The van der Waals surface area contributed by atoms with Crippen molar-refractivity contribution in [2.45, 2.75) is 100 Å². The van der Waals surface area contributed by atoms with Crippen LogP contribution < -0.4 is 28.7 Å². The highest BCUT2D eigenvalue weighted by Crippen LogP contribution is 2.49. The third-order valence-electron chi connectivity index (χ3n) is 17.6. The maximum absolute atomic E-state index is 13.0. The van der Waals surface area contributed by atoms with E-state index < -0.39 is 44.1 Å². The van der Waals surface area contributed by atoms with E-state index in [1.54, 1.807) is 60.7 Å². The zero-order valence-electron chi connectivity index (χ0n) is 42.5. The number of hydrogen-bond donors (Lipinski definition) is 4. The van der Waals surface area contributed by atoms with Gasteiger partial charge in [0.15, 0.2) is 0 Å². The molecule has 12 rings (SSSR count). The van der Waals surface area contributed by atoms with Gasteiger partial charge in [-0.1, -0.05) is 59.6 Å². The van der Waals surface area contributed by atoms with Crippen LogP contribution in [-0.2, 0) is 43.7 Å². The molecule has 2 fully saturated rings. The minimum Gasteiger partial charge on any atom is -0.490 e. The van der Waals surface area contributed by atoms with Gasteiger partial charge in [0.2, 0.25) is 20.0 Å². The van der Waals surface area contributed by atoms with E-state index in [0.29, 0.717) is 37.8 Å². The highest BCUT2D eigenvalue weighted by molar-refractivity contribution is 7.90. The first kappa shape index (κ1) is 52.9. The summed E-state index contributed by atoms with van der Waals surface area (Å²) in [5.74, 6) is 0.397. The minimum absolute atomic E-state index is 0.108. The predicted molar refractivity (Wildman–Crippen MR) is 295 cm³/mol. The minimum atomic E-state index is -3.82. The first-order valence-electron chi connectivity index (χ1n) is 26.9. The summed E-state index contributed by atoms with van der Waals surface area (Å²) in [6.07, 6.45) is 15.9. The molecule has 0 unspecified atom stereocenters. The molecule has 8 atom stereocenters. The van der Waals surface area contributed by atoms with Crippen LogP contribution >= 0.6 is 23.2 Å². The van der Waals surface area contributed by atoms with Crippen LogP contribution in [-0.4, -0.2) is 102 Å². The monoisotopic (exact) mass is 1110 g/mol. The number of allylic oxidation sites excluding steroid dienone is 2. The van der Waals surface area contributed by atoms with Gasteiger partial charge in [-0.15, -0.1) is 0 Å². The van der Waals surface area contributed by atoms with Crippen LogP contribution in [0.5, 0.6) is 11.5 Å². The van der Waals surface area contributed by atoms with Gasteiger partial charge in [-0.3, -0.25) is 9.59 Å². The normalized spacial score (nSPS) is 31.3. The number of hydrogen-bond acceptors (Lipinski definition) is 12. The van der Waals surface area contributed by atoms with E-state index in [1.807, 2.05) is 12.1 Å². The Bertz CT molecular complexity index is 3000. The summed E-state index contributed by atoms with van der Waals surface area (Å²) in [6, 6.07) is 22.6. The molecule has 8 aliphatic rings. The Kier molecular flexibility index (Phi) is 14.8. The summed E-state index contributed by atoms with van der Waals surface area (Å²) in [5, 5.41) is 23.3. The summed E-state index contributed by atoms with van der Waals surface area (Å²) < 4.78 is 67.5. The second-order valence-corrected chi connectivity index (χ2v) is 27.0. The molecule has 14 nitrogen and oxygen atoms in total. The lowest BCUT2D eigenvalue weighted by Gasteiger charge is -2.45. The fraction of sp³-hybridized carbons (Fsp3) is 0.483. The number of aryl methyl sites for hydroxylation is 2. The van der Waals surface area contributed by atoms with Gasteiger partial charge < -0.3 is 29.5 Å². The fourth-order valence-corrected chi connectivity index (χ4v) is 15.6. The van der Waals surface area contributed by atoms with Crippen molar-refractivity contribution in [2.24, 2.45) is 23.7 Å². The summed E-state index contributed by atoms with van der Waals surface area (Å²) in [5.41, 5.74) is 6.67. The topological polar surface area (TPSA) is 192 Å². The van der Waals surface area contributed by atoms with E-state index in [4.69, 9.17) is 32.7 Å². The predicted octanol–water partition coefficient (Wildman–Crippen LogP) is 8.44. The Hall–Kier alpha value is -5.10. The second-order valence-electron chi connectivity index (χ2n) is 22.5. The lowest BCUT2D eigenvalue weighted by molar-refractivity contribution is 0.0454. The van der Waals surface area contributed by atoms with Gasteiger partial charge in [0.05, 0.1) is 48.3 Å². The quantitative estimate of drug-likeness (QED) is 0.123. The lowest BCUT2D eigenvalue weighted by atomic mass is 9.68. The molecule has 2 amide bonds. The third-order valence-corrected chi connectivity index (χ3v) is 20.6. The molecule has 404 valence electrons. The van der Waals surface area contributed by atoms with Crippen molar-refractivity contribution in [3.63, 3.8) is 0 Å². The molecule has 4 bridgehead atoms. The van der Waals surface area contributed by atoms with Crippen LogP contribution in [0.15, 0.2) is 97.1 Å². The Morgan fingerprint density at radius 3 is 1.42 bits per heavy atom. The average molecular weight is 1110 g/mol. The number of carbonyl (C=O) groups excluding carboxylic acids is 2. The number of ether oxygens (including phenoxy) is 2. The molecule has 0 radical (unpaired) electrons. The van der Waals surface area contributed by atoms with Crippen LogP contribution in [0.2, 0.25) is 10.0 Å². The van der Waals surface area contributed by atoms with Gasteiger partial charge in [0.1, 0.15) is 11.5 Å². The van der Waals surface area contributed by atoms with Crippen molar-refractivity contribution in [3.8, 4) is 11.5 Å². The number of anilines is 2. The Labute approximate surface area is 455 Å². The van der Waals surface area contributed by atoms with Crippen molar-refractivity contribution >= 4 is 66.4 Å². The van der Waals surface area contributed by atoms with E-state index in [0.717, 1.165) is 98.7 Å². The molecule has 4 aliphatic carbocycles. The summed E-state index contributed by atoms with van der Waals surface area (Å²) in [7, 11) is -7.64. The summed E-state index contributed by atoms with van der Waals surface area (Å²) in [4.78, 5) is 30.6. The molecule has 2 spiro atoms. The molecule has 4 N–H and O–H groups in total. The van der Waals surface area contributed by atoms with Crippen molar-refractivity contribution in [1.82, 2.24) is 9.44 Å². The highest BCUT2D eigenvalue weighted by Gasteiger charge is 2.46. The second kappa shape index (κ2) is 21.3. The third kappa shape index (κ3) is 10.9. The standard InChI is InChI=1S/2C29H33ClN2O5S/c2*30-22-8-10-24-19(14-22)4-3-12-29(24)17-32-16-21-6-9-23(21)26(33)5-1-2-13-38(35,36)31-28(34)20-7-11-27(37-18-29)25(32)15-20/h2*1,5,7-8,10-11,14-15,21,23,26,33H,2-4,6,9,12-13,16-18H2,(H,31,34)/b5-1+;5-1-/t2*21-,23+,26-,29-/m00/s1. The molecular formula is C58H66Cl2N4O10S2. The zero-order valence-corrected chi connectivity index (χ0v) is 45.6. The van der Waals surface area contributed by atoms with E-state index in [1.165, 1.54) is 22.3 Å². The number of amides is 2. The van der Waals surface area contributed by atoms with E-state index in [-0.39, 0.29) is 70.0 Å². The molecule has 2 saturated carbocycles. The molecular weight excluding hydrogens is 1050 g/mol. The van der Waals surface area contributed by atoms with Crippen molar-refractivity contribution in [1.29, 1.82) is 0 Å². The number of nitrogens with one attached hydrogen (secondary N) is 2. The average Bonchev–Trinajstić information content (AvgIpc) is 3.71. The molecule has 0 saturated heterocycles. The highest BCUT2D eigenvalue weighted by atomic mass is 35.5. The zero-order chi connectivity index (χ0) is 53.0. The van der Waals surface area contributed by atoms with E-state index in [2.05, 4.69) is 43.5 Å². The number of aliphatic hydroxyl groups is 2. The number of aliphatic hydroxyl groups excluding tert-OH is 2. The molecule has 18 heteroatoms. The van der Waals surface area contributed by atoms with Gasteiger partial charge in [-0.25, -0.2) is 26.3 Å². The van der Waals surface area contributed by atoms with E-state index in [9.17, 15) is 36.6 Å². The van der Waals surface area contributed by atoms with Crippen LogP contribution in [0.1, 0.15) is 107 Å². The van der Waals surface area contributed by atoms with Gasteiger partial charge >= 0.3 is 0 Å². The Balaban J connectivity index is 0.000000162. The Morgan fingerprint density at radius 2 is 1.01 bits per heavy atom. The van der Waals surface area contributed by atoms with Crippen LogP contribution in [0.4, 0.5) is 11.4 Å². The lowest BCUT2D eigenvalue weighted by Crippen LogP contribution is -2.49.